The number of nitrogens with zero attached hydrogens (tertiary/aromatic N) is 2. The van der Waals surface area contributed by atoms with Crippen LogP contribution in [0.3, 0.4) is 0 Å². The third-order valence-corrected chi connectivity index (χ3v) is 6.34. The summed E-state index contributed by atoms with van der Waals surface area (Å²) in [5.41, 5.74) is -0.453. The van der Waals surface area contributed by atoms with Gasteiger partial charge in [-0.05, 0) is 24.7 Å². The molecule has 3 rings (SSSR count). The van der Waals surface area contributed by atoms with Crippen LogP contribution in [0.1, 0.15) is 40.0 Å². The first-order chi connectivity index (χ1) is 10.9. The SMILES string of the molecule is CC1CCC(C(C)C)C2(C1)N(C)C(=O)[C@@H]1[C@@H](CO)[C@@H](CO)ON12. The van der Waals surface area contributed by atoms with Gasteiger partial charge in [0.2, 0.25) is 5.91 Å². The van der Waals surface area contributed by atoms with Crippen molar-refractivity contribution >= 4 is 5.91 Å². The Morgan fingerprint density at radius 3 is 2.57 bits per heavy atom. The van der Waals surface area contributed by atoms with E-state index in [0.29, 0.717) is 17.8 Å². The molecule has 2 saturated heterocycles. The lowest BCUT2D eigenvalue weighted by Gasteiger charge is -2.52. The van der Waals surface area contributed by atoms with Crippen molar-refractivity contribution in [2.75, 3.05) is 20.3 Å². The third-order valence-electron chi connectivity index (χ3n) is 6.34. The molecule has 6 heteroatoms. The Morgan fingerprint density at radius 2 is 2.00 bits per heavy atom. The lowest BCUT2D eigenvalue weighted by Crippen LogP contribution is -2.61. The molecule has 3 unspecified atom stereocenters. The smallest absolute Gasteiger partial charge is 0.244 e. The predicted octanol–water partition coefficient (Wildman–Crippen LogP) is 0.832. The van der Waals surface area contributed by atoms with Gasteiger partial charge in [-0.25, -0.2) is 0 Å². The Balaban J connectivity index is 2.05. The molecule has 1 spiro atoms. The number of rotatable bonds is 3. The molecule has 3 fully saturated rings. The van der Waals surface area contributed by atoms with E-state index in [1.54, 1.807) is 0 Å². The summed E-state index contributed by atoms with van der Waals surface area (Å²) in [6.07, 6.45) is 2.61. The first kappa shape index (κ1) is 17.1. The summed E-state index contributed by atoms with van der Waals surface area (Å²) >= 11 is 0. The number of aliphatic hydroxyl groups excluding tert-OH is 2. The van der Waals surface area contributed by atoms with E-state index in [4.69, 9.17) is 4.84 Å². The van der Waals surface area contributed by atoms with E-state index in [2.05, 4.69) is 20.8 Å². The monoisotopic (exact) mass is 326 g/mol. The molecule has 23 heavy (non-hydrogen) atoms. The molecule has 0 aromatic heterocycles. The van der Waals surface area contributed by atoms with Crippen molar-refractivity contribution in [3.63, 3.8) is 0 Å². The number of carbonyl (C=O) groups is 1. The fourth-order valence-electron chi connectivity index (χ4n) is 5.17. The predicted molar refractivity (Wildman–Crippen MR) is 85.0 cm³/mol. The van der Waals surface area contributed by atoms with E-state index >= 15 is 0 Å². The molecule has 6 atom stereocenters. The van der Waals surface area contributed by atoms with Gasteiger partial charge < -0.3 is 15.1 Å². The number of aliphatic hydroxyl groups is 2. The second-order valence-electron chi connectivity index (χ2n) is 7.96. The van der Waals surface area contributed by atoms with Crippen molar-refractivity contribution in [2.45, 2.75) is 57.8 Å². The molecule has 0 aromatic carbocycles. The maximum absolute atomic E-state index is 13.0. The normalized spacial score (nSPS) is 44.6. The highest BCUT2D eigenvalue weighted by Crippen LogP contribution is 2.53. The quantitative estimate of drug-likeness (QED) is 0.804. The number of fused-ring (bicyclic) bond motifs is 2. The number of likely N-dealkylation sites (N-methyl/N-ethyl adjacent to an activating group) is 1. The Kier molecular flexibility index (Phi) is 4.46. The summed E-state index contributed by atoms with van der Waals surface area (Å²) in [5, 5.41) is 21.2. The molecule has 2 N–H and O–H groups in total. The minimum absolute atomic E-state index is 0.0137. The summed E-state index contributed by atoms with van der Waals surface area (Å²) < 4.78 is 0. The minimum Gasteiger partial charge on any atom is -0.396 e. The van der Waals surface area contributed by atoms with Gasteiger partial charge in [-0.3, -0.25) is 9.63 Å². The molecule has 1 saturated carbocycles. The van der Waals surface area contributed by atoms with Crippen molar-refractivity contribution in [2.24, 2.45) is 23.7 Å². The van der Waals surface area contributed by atoms with E-state index in [1.807, 2.05) is 17.0 Å². The Morgan fingerprint density at radius 1 is 1.30 bits per heavy atom. The van der Waals surface area contributed by atoms with Gasteiger partial charge in [0, 0.05) is 18.9 Å². The van der Waals surface area contributed by atoms with Gasteiger partial charge >= 0.3 is 0 Å². The van der Waals surface area contributed by atoms with Crippen LogP contribution in [-0.4, -0.2) is 64.2 Å². The van der Waals surface area contributed by atoms with Crippen LogP contribution in [0.15, 0.2) is 0 Å². The molecule has 0 aromatic rings. The summed E-state index contributed by atoms with van der Waals surface area (Å²) in [7, 11) is 1.87. The van der Waals surface area contributed by atoms with E-state index < -0.39 is 17.8 Å². The number of hydrogen-bond acceptors (Lipinski definition) is 5. The number of amides is 1. The van der Waals surface area contributed by atoms with Crippen LogP contribution in [0.5, 0.6) is 0 Å². The van der Waals surface area contributed by atoms with Crippen molar-refractivity contribution in [1.82, 2.24) is 9.96 Å². The molecule has 2 heterocycles. The number of carbonyl (C=O) groups excluding carboxylic acids is 1. The zero-order valence-electron chi connectivity index (χ0n) is 14.6. The highest BCUT2D eigenvalue weighted by molar-refractivity contribution is 5.85. The van der Waals surface area contributed by atoms with Gasteiger partial charge in [-0.1, -0.05) is 27.2 Å². The van der Waals surface area contributed by atoms with Crippen LogP contribution in [0.4, 0.5) is 0 Å². The van der Waals surface area contributed by atoms with Crippen LogP contribution < -0.4 is 0 Å². The highest BCUT2D eigenvalue weighted by Gasteiger charge is 2.67. The standard InChI is InChI=1S/C17H30N2O4/c1-10(2)13-6-5-11(3)7-17(13)18(4)16(22)15-12(8-20)14(9-21)23-19(15)17/h10-15,20-21H,5-9H2,1-4H3/t11?,12-,13?,14+,15-,17?/m0/s1. The maximum atomic E-state index is 13.0. The molecular weight excluding hydrogens is 296 g/mol. The van der Waals surface area contributed by atoms with Gasteiger partial charge in [-0.15, -0.1) is 5.06 Å². The Bertz CT molecular complexity index is 472. The zero-order valence-corrected chi connectivity index (χ0v) is 14.6. The number of hydroxylamine groups is 2. The zero-order chi connectivity index (χ0) is 16.9. The molecular formula is C17H30N2O4. The van der Waals surface area contributed by atoms with Crippen molar-refractivity contribution in [1.29, 1.82) is 0 Å². The first-order valence-corrected chi connectivity index (χ1v) is 8.84. The van der Waals surface area contributed by atoms with E-state index in [0.717, 1.165) is 19.3 Å². The van der Waals surface area contributed by atoms with Crippen LogP contribution in [0.2, 0.25) is 0 Å². The fraction of sp³-hybridized carbons (Fsp3) is 0.941. The third kappa shape index (κ3) is 2.26. The fourth-order valence-corrected chi connectivity index (χ4v) is 5.17. The molecule has 0 bridgehead atoms. The van der Waals surface area contributed by atoms with Gasteiger partial charge in [0.25, 0.3) is 0 Å². The molecule has 132 valence electrons. The molecule has 1 aliphatic carbocycles. The summed E-state index contributed by atoms with van der Waals surface area (Å²) in [6, 6.07) is -0.478. The topological polar surface area (TPSA) is 73.2 Å². The molecule has 0 radical (unpaired) electrons. The van der Waals surface area contributed by atoms with Crippen molar-refractivity contribution < 1.29 is 19.8 Å². The second kappa shape index (κ2) is 5.99. The minimum atomic E-state index is -0.496. The van der Waals surface area contributed by atoms with Crippen LogP contribution in [-0.2, 0) is 9.63 Å². The first-order valence-electron chi connectivity index (χ1n) is 8.84. The lowest BCUT2D eigenvalue weighted by molar-refractivity contribution is -0.267. The summed E-state index contributed by atoms with van der Waals surface area (Å²) in [5.74, 6) is 0.928. The lowest BCUT2D eigenvalue weighted by atomic mass is 9.69. The molecule has 3 aliphatic rings. The Labute approximate surface area is 138 Å². The molecule has 1 amide bonds. The van der Waals surface area contributed by atoms with Crippen molar-refractivity contribution in [3.8, 4) is 0 Å². The summed E-state index contributed by atoms with van der Waals surface area (Å²) in [6.45, 7) is 6.32. The van der Waals surface area contributed by atoms with Crippen molar-refractivity contribution in [3.05, 3.63) is 0 Å². The average molecular weight is 326 g/mol. The van der Waals surface area contributed by atoms with E-state index in [1.165, 1.54) is 0 Å². The highest BCUT2D eigenvalue weighted by atomic mass is 16.7. The number of hydrogen-bond donors (Lipinski definition) is 2. The Hall–Kier alpha value is -0.690. The van der Waals surface area contributed by atoms with Gasteiger partial charge in [0.1, 0.15) is 17.8 Å². The second-order valence-corrected chi connectivity index (χ2v) is 7.96. The van der Waals surface area contributed by atoms with Gasteiger partial charge in [0.15, 0.2) is 0 Å². The van der Waals surface area contributed by atoms with Crippen LogP contribution >= 0.6 is 0 Å². The van der Waals surface area contributed by atoms with Gasteiger partial charge in [0.05, 0.1) is 13.2 Å². The van der Waals surface area contributed by atoms with Gasteiger partial charge in [-0.2, -0.15) is 0 Å². The van der Waals surface area contributed by atoms with E-state index in [-0.39, 0.29) is 25.0 Å². The summed E-state index contributed by atoms with van der Waals surface area (Å²) in [4.78, 5) is 20.9. The maximum Gasteiger partial charge on any atom is 0.244 e. The largest absolute Gasteiger partial charge is 0.396 e. The van der Waals surface area contributed by atoms with Crippen LogP contribution in [0.25, 0.3) is 0 Å². The average Bonchev–Trinajstić information content (AvgIpc) is 2.98. The molecule has 2 aliphatic heterocycles. The van der Waals surface area contributed by atoms with E-state index in [9.17, 15) is 15.0 Å². The van der Waals surface area contributed by atoms with Crippen LogP contribution in [0, 0.1) is 23.7 Å². The molecule has 6 nitrogen and oxygen atoms in total.